The minimum Gasteiger partial charge on any atom is -0.386 e. The molecule has 0 saturated carbocycles. The molecule has 2 fully saturated rings. The molecule has 1 atom stereocenters. The lowest BCUT2D eigenvalue weighted by molar-refractivity contribution is -0.0635. The van der Waals surface area contributed by atoms with Crippen LogP contribution in [0.15, 0.2) is 0 Å². The zero-order valence-electron chi connectivity index (χ0n) is 7.83. The van der Waals surface area contributed by atoms with E-state index in [9.17, 15) is 5.11 Å². The highest BCUT2D eigenvalue weighted by atomic mass is 16.5. The zero-order valence-corrected chi connectivity index (χ0v) is 7.83. The van der Waals surface area contributed by atoms with Gasteiger partial charge in [-0.15, -0.1) is 0 Å². The van der Waals surface area contributed by atoms with Crippen molar-refractivity contribution in [3.05, 3.63) is 0 Å². The first-order valence-corrected chi connectivity index (χ1v) is 4.99. The van der Waals surface area contributed by atoms with Gasteiger partial charge in [-0.25, -0.2) is 0 Å². The van der Waals surface area contributed by atoms with Crippen LogP contribution in [0.5, 0.6) is 0 Å². The lowest BCUT2D eigenvalue weighted by atomic mass is 9.78. The molecule has 13 heavy (non-hydrogen) atoms. The number of β-amino-alcohol motifs (C(OH)–C–C–N with tert-alkyl or cyclic N) is 1. The molecule has 0 bridgehead atoms. The van der Waals surface area contributed by atoms with Crippen LogP contribution in [0.4, 0.5) is 0 Å². The van der Waals surface area contributed by atoms with Crippen molar-refractivity contribution in [3.63, 3.8) is 0 Å². The Morgan fingerprint density at radius 3 is 2.46 bits per heavy atom. The van der Waals surface area contributed by atoms with E-state index in [1.165, 1.54) is 0 Å². The fourth-order valence-electron chi connectivity index (χ4n) is 2.13. The van der Waals surface area contributed by atoms with Crippen molar-refractivity contribution in [3.8, 4) is 0 Å². The van der Waals surface area contributed by atoms with E-state index in [-0.39, 0.29) is 6.04 Å². The second-order valence-corrected chi connectivity index (χ2v) is 4.18. The van der Waals surface area contributed by atoms with Crippen molar-refractivity contribution in [2.45, 2.75) is 24.5 Å². The molecule has 2 aliphatic heterocycles. The fraction of sp³-hybridized carbons (Fsp3) is 1.00. The van der Waals surface area contributed by atoms with Crippen LogP contribution in [0.2, 0.25) is 0 Å². The van der Waals surface area contributed by atoms with Crippen LogP contribution in [0.25, 0.3) is 0 Å². The number of nitrogens with two attached hydrogens (primary N) is 1. The highest BCUT2D eigenvalue weighted by Gasteiger charge is 2.43. The molecule has 2 heterocycles. The zero-order chi connectivity index (χ0) is 9.31. The Hall–Kier alpha value is -0.160. The maximum absolute atomic E-state index is 10.0. The molecular formula is C9H18N2O2. The Balaban J connectivity index is 1.90. The average Bonchev–Trinajstić information content (AvgIpc) is 2.14. The van der Waals surface area contributed by atoms with Gasteiger partial charge >= 0.3 is 0 Å². The van der Waals surface area contributed by atoms with Gasteiger partial charge in [-0.3, -0.25) is 0 Å². The normalized spacial score (nSPS) is 30.9. The smallest absolute Gasteiger partial charge is 0.105 e. The molecule has 1 unspecified atom stereocenters. The molecule has 2 rings (SSSR count). The lowest BCUT2D eigenvalue weighted by Crippen LogP contribution is -2.70. The van der Waals surface area contributed by atoms with Gasteiger partial charge in [0.1, 0.15) is 5.60 Å². The van der Waals surface area contributed by atoms with Crippen LogP contribution in [0, 0.1) is 5.92 Å². The molecule has 0 aromatic carbocycles. The van der Waals surface area contributed by atoms with E-state index in [1.807, 2.05) is 0 Å². The van der Waals surface area contributed by atoms with Crippen molar-refractivity contribution >= 4 is 0 Å². The van der Waals surface area contributed by atoms with Crippen LogP contribution < -0.4 is 11.1 Å². The van der Waals surface area contributed by atoms with Gasteiger partial charge in [0.05, 0.1) is 0 Å². The maximum atomic E-state index is 10.0. The van der Waals surface area contributed by atoms with E-state index in [0.717, 1.165) is 26.1 Å². The van der Waals surface area contributed by atoms with E-state index in [0.29, 0.717) is 19.0 Å². The van der Waals surface area contributed by atoms with E-state index in [1.54, 1.807) is 0 Å². The molecule has 2 aliphatic rings. The first kappa shape index (κ1) is 9.40. The van der Waals surface area contributed by atoms with Crippen molar-refractivity contribution < 1.29 is 9.84 Å². The molecule has 0 amide bonds. The first-order chi connectivity index (χ1) is 6.22. The van der Waals surface area contributed by atoms with Crippen LogP contribution in [0.3, 0.4) is 0 Å². The summed E-state index contributed by atoms with van der Waals surface area (Å²) in [7, 11) is 0. The minimum absolute atomic E-state index is 0.0855. The van der Waals surface area contributed by atoms with Crippen molar-refractivity contribution in [2.24, 2.45) is 11.7 Å². The molecule has 0 aromatic rings. The van der Waals surface area contributed by atoms with Gasteiger partial charge in [-0.1, -0.05) is 0 Å². The molecule has 4 nitrogen and oxygen atoms in total. The summed E-state index contributed by atoms with van der Waals surface area (Å²) >= 11 is 0. The number of ether oxygens (including phenoxy) is 1. The van der Waals surface area contributed by atoms with Gasteiger partial charge in [0, 0.05) is 32.3 Å². The maximum Gasteiger partial charge on any atom is 0.105 e. The van der Waals surface area contributed by atoms with Crippen LogP contribution in [-0.4, -0.2) is 43.1 Å². The summed E-state index contributed by atoms with van der Waals surface area (Å²) in [6.45, 7) is 2.88. The summed E-state index contributed by atoms with van der Waals surface area (Å²) in [6, 6.07) is -0.0855. The van der Waals surface area contributed by atoms with Crippen LogP contribution in [0.1, 0.15) is 12.8 Å². The molecule has 4 N–H and O–H groups in total. The molecule has 4 heteroatoms. The predicted molar refractivity (Wildman–Crippen MR) is 49.3 cm³/mol. The first-order valence-electron chi connectivity index (χ1n) is 4.99. The third kappa shape index (κ3) is 1.72. The summed E-state index contributed by atoms with van der Waals surface area (Å²) in [5.41, 5.74) is 5.39. The van der Waals surface area contributed by atoms with Crippen molar-refractivity contribution in [2.75, 3.05) is 26.3 Å². The summed E-state index contributed by atoms with van der Waals surface area (Å²) in [4.78, 5) is 0. The largest absolute Gasteiger partial charge is 0.386 e. The van der Waals surface area contributed by atoms with E-state index < -0.39 is 5.60 Å². The predicted octanol–water partition coefficient (Wildman–Crippen LogP) is -0.925. The molecule has 2 saturated heterocycles. The van der Waals surface area contributed by atoms with Crippen molar-refractivity contribution in [1.29, 1.82) is 0 Å². The van der Waals surface area contributed by atoms with E-state index >= 15 is 0 Å². The number of hydrogen-bond acceptors (Lipinski definition) is 4. The number of nitrogens with one attached hydrogen (secondary N) is 1. The third-order valence-electron chi connectivity index (χ3n) is 3.26. The topological polar surface area (TPSA) is 67.5 Å². The Kier molecular flexibility index (Phi) is 2.55. The quantitative estimate of drug-likeness (QED) is 0.521. The summed E-state index contributed by atoms with van der Waals surface area (Å²) < 4.78 is 5.26. The highest BCUT2D eigenvalue weighted by molar-refractivity contribution is 5.03. The van der Waals surface area contributed by atoms with Crippen molar-refractivity contribution in [1.82, 2.24) is 5.32 Å². The number of rotatable bonds is 2. The van der Waals surface area contributed by atoms with Gasteiger partial charge in [-0.05, 0) is 18.8 Å². The Bertz CT molecular complexity index is 176. The summed E-state index contributed by atoms with van der Waals surface area (Å²) in [6.07, 6.45) is 1.98. The second kappa shape index (κ2) is 3.53. The number of hydrogen-bond donors (Lipinski definition) is 3. The average molecular weight is 186 g/mol. The Labute approximate surface area is 78.4 Å². The fourth-order valence-corrected chi connectivity index (χ4v) is 2.13. The molecule has 0 radical (unpaired) electrons. The minimum atomic E-state index is -0.651. The molecule has 76 valence electrons. The van der Waals surface area contributed by atoms with Gasteiger partial charge in [0.15, 0.2) is 0 Å². The van der Waals surface area contributed by atoms with Gasteiger partial charge in [0.2, 0.25) is 0 Å². The standard InChI is InChI=1S/C9H18N2O2/c10-8(9(12)5-11-6-9)7-1-3-13-4-2-7/h7-8,11-12H,1-6,10H2. The number of aliphatic hydroxyl groups is 1. The summed E-state index contributed by atoms with van der Waals surface area (Å²) in [5, 5.41) is 13.1. The van der Waals surface area contributed by atoms with Crippen LogP contribution in [-0.2, 0) is 4.74 Å². The van der Waals surface area contributed by atoms with E-state index in [2.05, 4.69) is 5.32 Å². The molecule has 0 spiro atoms. The Morgan fingerprint density at radius 2 is 2.00 bits per heavy atom. The summed E-state index contributed by atoms with van der Waals surface area (Å²) in [5.74, 6) is 0.431. The highest BCUT2D eigenvalue weighted by Crippen LogP contribution is 2.26. The Morgan fingerprint density at radius 1 is 1.38 bits per heavy atom. The molecular weight excluding hydrogens is 168 g/mol. The molecule has 0 aliphatic carbocycles. The van der Waals surface area contributed by atoms with Gasteiger partial charge in [-0.2, -0.15) is 0 Å². The monoisotopic (exact) mass is 186 g/mol. The van der Waals surface area contributed by atoms with Gasteiger partial charge in [0.25, 0.3) is 0 Å². The second-order valence-electron chi connectivity index (χ2n) is 4.18. The third-order valence-corrected chi connectivity index (χ3v) is 3.26. The van der Waals surface area contributed by atoms with E-state index in [4.69, 9.17) is 10.5 Å². The SMILES string of the molecule is NC(C1CCOCC1)C1(O)CNC1. The lowest BCUT2D eigenvalue weighted by Gasteiger charge is -2.46. The molecule has 0 aromatic heterocycles. The van der Waals surface area contributed by atoms with Gasteiger partial charge < -0.3 is 20.9 Å². The van der Waals surface area contributed by atoms with Crippen LogP contribution >= 0.6 is 0 Å².